The van der Waals surface area contributed by atoms with E-state index in [1.807, 2.05) is 0 Å². The lowest BCUT2D eigenvalue weighted by Crippen LogP contribution is -2.42. The molecule has 0 saturated heterocycles. The lowest BCUT2D eigenvalue weighted by atomic mass is 9.90. The highest BCUT2D eigenvalue weighted by molar-refractivity contribution is 7.74. The van der Waals surface area contributed by atoms with Gasteiger partial charge in [-0.3, -0.25) is 9.59 Å². The summed E-state index contributed by atoms with van der Waals surface area (Å²) in [5, 5.41) is 0.202. The van der Waals surface area contributed by atoms with E-state index in [0.717, 1.165) is 0 Å². The zero-order valence-electron chi connectivity index (χ0n) is 10.8. The fourth-order valence-electron chi connectivity index (χ4n) is 2.04. The molecule has 1 aromatic rings. The summed E-state index contributed by atoms with van der Waals surface area (Å²) >= 11 is -3.05. The summed E-state index contributed by atoms with van der Waals surface area (Å²) in [4.78, 5) is 24.4. The Balaban J connectivity index is 2.72. The van der Waals surface area contributed by atoms with Gasteiger partial charge in [0, 0.05) is 5.56 Å². The first-order chi connectivity index (χ1) is 10.0. The van der Waals surface area contributed by atoms with Crippen molar-refractivity contribution in [2.75, 3.05) is 0 Å². The van der Waals surface area contributed by atoms with Crippen LogP contribution in [0.1, 0.15) is 21.5 Å². The topological polar surface area (TPSA) is 86.7 Å². The Bertz CT molecular complexity index is 707. The molecule has 0 aromatic heterocycles. The average Bonchev–Trinajstić information content (AvgIpc) is 2.47. The zero-order chi connectivity index (χ0) is 15.6. The van der Waals surface area contributed by atoms with E-state index in [9.17, 15) is 18.4 Å². The van der Waals surface area contributed by atoms with Crippen molar-refractivity contribution in [3.05, 3.63) is 60.2 Å². The fraction of sp³-hybridized carbons (Fsp3) is 0. The Morgan fingerprint density at radius 1 is 1.24 bits per heavy atom. The Morgan fingerprint density at radius 2 is 1.95 bits per heavy atom. The summed E-state index contributed by atoms with van der Waals surface area (Å²) in [5.74, 6) is -1.74. The Morgan fingerprint density at radius 3 is 2.52 bits per heavy atom. The van der Waals surface area contributed by atoms with Crippen LogP contribution in [0.2, 0.25) is 0 Å². The van der Waals surface area contributed by atoms with Crippen LogP contribution in [0.15, 0.2) is 43.5 Å². The molecule has 2 amide bonds. The van der Waals surface area contributed by atoms with Crippen LogP contribution in [0.4, 0.5) is 0 Å². The molecule has 1 unspecified atom stereocenters. The summed E-state index contributed by atoms with van der Waals surface area (Å²) in [5.41, 5.74) is 1.19. The SMILES string of the molecule is C=C/C=C1/C(=O)N(OS(=O)[O-])C(=O)c2cccc(C=C)c21. The fourth-order valence-corrected chi connectivity index (χ4v) is 2.30. The summed E-state index contributed by atoms with van der Waals surface area (Å²) in [6.07, 6.45) is 4.24. The number of fused-ring (bicyclic) bond motifs is 1. The van der Waals surface area contributed by atoms with Gasteiger partial charge >= 0.3 is 0 Å². The number of imide groups is 1. The predicted molar refractivity (Wildman–Crippen MR) is 75.9 cm³/mol. The van der Waals surface area contributed by atoms with Crippen molar-refractivity contribution < 1.29 is 22.6 Å². The molecule has 1 aliphatic rings. The maximum Gasteiger partial charge on any atom is 0.286 e. The summed E-state index contributed by atoms with van der Waals surface area (Å²) in [6, 6.07) is 4.76. The second-order valence-electron chi connectivity index (χ2n) is 3.97. The molecule has 0 saturated carbocycles. The van der Waals surface area contributed by atoms with E-state index in [1.54, 1.807) is 12.1 Å². The highest BCUT2D eigenvalue weighted by Crippen LogP contribution is 2.32. The third-order valence-electron chi connectivity index (χ3n) is 2.84. The van der Waals surface area contributed by atoms with Crippen LogP contribution in [-0.4, -0.2) is 25.6 Å². The first-order valence-corrected chi connectivity index (χ1v) is 6.76. The van der Waals surface area contributed by atoms with Crippen LogP contribution in [0, 0.1) is 0 Å². The molecule has 21 heavy (non-hydrogen) atoms. The summed E-state index contributed by atoms with van der Waals surface area (Å²) < 4.78 is 25.5. The molecule has 0 spiro atoms. The number of nitrogens with zero attached hydrogens (tertiary/aromatic N) is 1. The number of amides is 2. The van der Waals surface area contributed by atoms with Gasteiger partial charge in [0.1, 0.15) is 11.4 Å². The van der Waals surface area contributed by atoms with E-state index in [0.29, 0.717) is 11.1 Å². The monoisotopic (exact) mass is 304 g/mol. The minimum absolute atomic E-state index is 0.0977. The molecule has 108 valence electrons. The van der Waals surface area contributed by atoms with Crippen LogP contribution in [-0.2, 0) is 20.4 Å². The van der Waals surface area contributed by atoms with Gasteiger partial charge in [-0.25, -0.2) is 4.21 Å². The maximum absolute atomic E-state index is 12.2. The van der Waals surface area contributed by atoms with Gasteiger partial charge in [-0.15, -0.1) is 5.06 Å². The molecule has 1 atom stereocenters. The van der Waals surface area contributed by atoms with E-state index < -0.39 is 23.2 Å². The van der Waals surface area contributed by atoms with E-state index in [4.69, 9.17) is 0 Å². The van der Waals surface area contributed by atoms with Crippen molar-refractivity contribution in [3.8, 4) is 0 Å². The maximum atomic E-state index is 12.2. The highest BCUT2D eigenvalue weighted by Gasteiger charge is 2.37. The number of hydrogen-bond donors (Lipinski definition) is 0. The van der Waals surface area contributed by atoms with Gasteiger partial charge < -0.3 is 4.55 Å². The van der Waals surface area contributed by atoms with Crippen LogP contribution in [0.25, 0.3) is 11.6 Å². The zero-order valence-corrected chi connectivity index (χ0v) is 11.6. The molecule has 0 N–H and O–H groups in total. The number of hydroxylamine groups is 2. The molecule has 0 radical (unpaired) electrons. The molecule has 1 heterocycles. The highest BCUT2D eigenvalue weighted by atomic mass is 32.2. The van der Waals surface area contributed by atoms with Crippen LogP contribution in [0.5, 0.6) is 0 Å². The number of allylic oxidation sites excluding steroid dienone is 2. The Labute approximate surface area is 123 Å². The van der Waals surface area contributed by atoms with Gasteiger partial charge in [0.2, 0.25) is 0 Å². The standard InChI is InChI=1S/C14H11NO5S/c1-3-6-10-12-9(4-2)7-5-8-11(12)14(17)15(13(10)16)20-21(18)19/h3-8H,1-2H2,(H,18,19)/p-1/b10-6+. The van der Waals surface area contributed by atoms with Crippen molar-refractivity contribution >= 4 is 34.8 Å². The lowest BCUT2D eigenvalue weighted by molar-refractivity contribution is -0.141. The molecule has 7 heteroatoms. The largest absolute Gasteiger partial charge is 0.748 e. The number of benzene rings is 1. The molecule has 0 aliphatic carbocycles. The minimum Gasteiger partial charge on any atom is -0.748 e. The Hall–Kier alpha value is -2.35. The van der Waals surface area contributed by atoms with Gasteiger partial charge in [0.05, 0.1) is 11.1 Å². The van der Waals surface area contributed by atoms with Crippen molar-refractivity contribution in [2.45, 2.75) is 0 Å². The average molecular weight is 304 g/mol. The van der Waals surface area contributed by atoms with E-state index in [1.165, 1.54) is 24.3 Å². The molecule has 2 rings (SSSR count). The molecule has 1 aromatic carbocycles. The van der Waals surface area contributed by atoms with Gasteiger partial charge in [-0.2, -0.15) is 4.28 Å². The molecule has 0 fully saturated rings. The number of rotatable bonds is 4. The second-order valence-corrected chi connectivity index (χ2v) is 4.53. The number of carbonyl (C=O) groups is 2. The van der Waals surface area contributed by atoms with Crippen molar-refractivity contribution in [3.63, 3.8) is 0 Å². The van der Waals surface area contributed by atoms with Crippen molar-refractivity contribution in [2.24, 2.45) is 0 Å². The third-order valence-corrected chi connectivity index (χ3v) is 3.11. The van der Waals surface area contributed by atoms with Crippen molar-refractivity contribution in [1.82, 2.24) is 5.06 Å². The van der Waals surface area contributed by atoms with Crippen LogP contribution in [0.3, 0.4) is 0 Å². The molecule has 0 bridgehead atoms. The second kappa shape index (κ2) is 5.96. The van der Waals surface area contributed by atoms with Gasteiger partial charge in [-0.05, 0) is 17.7 Å². The number of hydrogen-bond acceptors (Lipinski definition) is 5. The predicted octanol–water partition coefficient (Wildman–Crippen LogP) is 1.61. The minimum atomic E-state index is -3.05. The van der Waals surface area contributed by atoms with Gasteiger partial charge in [0.15, 0.2) is 0 Å². The normalized spacial score (nSPS) is 17.6. The summed E-state index contributed by atoms with van der Waals surface area (Å²) in [7, 11) is 0. The summed E-state index contributed by atoms with van der Waals surface area (Å²) in [6.45, 7) is 7.13. The van der Waals surface area contributed by atoms with Crippen LogP contribution < -0.4 is 0 Å². The quantitative estimate of drug-likeness (QED) is 0.479. The van der Waals surface area contributed by atoms with Crippen LogP contribution >= 0.6 is 0 Å². The lowest BCUT2D eigenvalue weighted by Gasteiger charge is -2.28. The van der Waals surface area contributed by atoms with E-state index >= 15 is 0 Å². The third kappa shape index (κ3) is 2.62. The first kappa shape index (κ1) is 15.0. The van der Waals surface area contributed by atoms with Gasteiger partial charge in [-0.1, -0.05) is 37.4 Å². The van der Waals surface area contributed by atoms with E-state index in [2.05, 4.69) is 17.4 Å². The molecule has 6 nitrogen and oxygen atoms in total. The smallest absolute Gasteiger partial charge is 0.286 e. The molecular formula is C14H10NO5S-. The van der Waals surface area contributed by atoms with E-state index in [-0.39, 0.29) is 16.2 Å². The number of carbonyl (C=O) groups excluding carboxylic acids is 2. The Kier molecular flexibility index (Phi) is 4.27. The van der Waals surface area contributed by atoms with Gasteiger partial charge in [0.25, 0.3) is 11.8 Å². The first-order valence-electron chi connectivity index (χ1n) is 5.76. The molecular weight excluding hydrogens is 294 g/mol. The van der Waals surface area contributed by atoms with Crippen molar-refractivity contribution in [1.29, 1.82) is 0 Å². The molecule has 1 aliphatic heterocycles.